The van der Waals surface area contributed by atoms with Gasteiger partial charge in [0, 0.05) is 31.6 Å². The van der Waals surface area contributed by atoms with E-state index in [1.165, 1.54) is 19.3 Å². The molecule has 1 amide bonds. The summed E-state index contributed by atoms with van der Waals surface area (Å²) in [5, 5.41) is 0. The number of hydrogen-bond acceptors (Lipinski definition) is 4. The highest BCUT2D eigenvalue weighted by Gasteiger charge is 2.33. The first-order valence-electron chi connectivity index (χ1n) is 8.68. The average molecular weight is 334 g/mol. The van der Waals surface area contributed by atoms with Crippen molar-refractivity contribution in [3.8, 4) is 11.5 Å². The van der Waals surface area contributed by atoms with E-state index in [1.807, 2.05) is 25.2 Å². The van der Waals surface area contributed by atoms with Crippen LogP contribution in [0.4, 0.5) is 0 Å². The Kier molecular flexibility index (Phi) is 6.49. The van der Waals surface area contributed by atoms with Gasteiger partial charge in [-0.1, -0.05) is 19.3 Å². The van der Waals surface area contributed by atoms with Crippen molar-refractivity contribution in [1.29, 1.82) is 0 Å². The van der Waals surface area contributed by atoms with E-state index in [9.17, 15) is 4.79 Å². The maximum atomic E-state index is 12.7. The number of methoxy groups -OCH3 is 2. The number of carbonyl (C=O) groups excluding carboxylic acids is 1. The van der Waals surface area contributed by atoms with Gasteiger partial charge in [0.1, 0.15) is 11.5 Å². The molecule has 0 saturated heterocycles. The first-order valence-corrected chi connectivity index (χ1v) is 8.68. The minimum atomic E-state index is -0.00636. The quantitative estimate of drug-likeness (QED) is 0.832. The predicted octanol–water partition coefficient (Wildman–Crippen LogP) is 2.96. The average Bonchev–Trinajstić information content (AvgIpc) is 2.62. The number of amides is 1. The van der Waals surface area contributed by atoms with Gasteiger partial charge in [-0.25, -0.2) is 0 Å². The lowest BCUT2D eigenvalue weighted by atomic mass is 9.71. The molecule has 24 heavy (non-hydrogen) atoms. The molecule has 1 saturated carbocycles. The molecule has 0 unspecified atom stereocenters. The van der Waals surface area contributed by atoms with Crippen molar-refractivity contribution in [2.75, 3.05) is 27.8 Å². The fourth-order valence-electron chi connectivity index (χ4n) is 3.54. The smallest absolute Gasteiger partial charge is 0.223 e. The van der Waals surface area contributed by atoms with Crippen LogP contribution >= 0.6 is 0 Å². The Bertz CT molecular complexity index is 554. The molecular weight excluding hydrogens is 304 g/mol. The number of benzene rings is 1. The SMILES string of the molecule is COc1ccc(CN(C)C(=O)CC2(CN)CCCCC2)c(OC)c1. The minimum absolute atomic E-state index is 0.00636. The molecule has 1 aliphatic carbocycles. The maximum Gasteiger partial charge on any atom is 0.223 e. The number of nitrogens with zero attached hydrogens (tertiary/aromatic N) is 1. The first kappa shape index (κ1) is 18.6. The highest BCUT2D eigenvalue weighted by atomic mass is 16.5. The summed E-state index contributed by atoms with van der Waals surface area (Å²) in [6.45, 7) is 1.12. The van der Waals surface area contributed by atoms with Crippen LogP contribution in [0.2, 0.25) is 0 Å². The van der Waals surface area contributed by atoms with Gasteiger partial charge in [0.05, 0.1) is 14.2 Å². The van der Waals surface area contributed by atoms with E-state index in [0.29, 0.717) is 19.5 Å². The molecule has 0 heterocycles. The Hall–Kier alpha value is -1.75. The Labute approximate surface area is 145 Å². The summed E-state index contributed by atoms with van der Waals surface area (Å²) in [5.74, 6) is 1.63. The molecule has 1 aromatic rings. The lowest BCUT2D eigenvalue weighted by molar-refractivity contribution is -0.133. The van der Waals surface area contributed by atoms with Crippen LogP contribution in [-0.4, -0.2) is 38.6 Å². The molecule has 1 aliphatic rings. The van der Waals surface area contributed by atoms with Crippen LogP contribution < -0.4 is 15.2 Å². The third-order valence-corrected chi connectivity index (χ3v) is 5.20. The highest BCUT2D eigenvalue weighted by Crippen LogP contribution is 2.39. The van der Waals surface area contributed by atoms with Crippen molar-refractivity contribution >= 4 is 5.91 Å². The molecule has 5 nitrogen and oxygen atoms in total. The van der Waals surface area contributed by atoms with E-state index in [-0.39, 0.29) is 11.3 Å². The largest absolute Gasteiger partial charge is 0.497 e. The summed E-state index contributed by atoms with van der Waals surface area (Å²) >= 11 is 0. The Morgan fingerprint density at radius 3 is 2.50 bits per heavy atom. The van der Waals surface area contributed by atoms with Crippen LogP contribution in [-0.2, 0) is 11.3 Å². The van der Waals surface area contributed by atoms with Gasteiger partial charge in [-0.15, -0.1) is 0 Å². The van der Waals surface area contributed by atoms with Crippen LogP contribution in [0.5, 0.6) is 11.5 Å². The zero-order valence-electron chi connectivity index (χ0n) is 15.1. The third-order valence-electron chi connectivity index (χ3n) is 5.20. The van der Waals surface area contributed by atoms with Gasteiger partial charge in [0.2, 0.25) is 5.91 Å². The van der Waals surface area contributed by atoms with Gasteiger partial charge in [0.25, 0.3) is 0 Å². The summed E-state index contributed by atoms with van der Waals surface area (Å²) in [5.41, 5.74) is 6.98. The van der Waals surface area contributed by atoms with Crippen molar-refractivity contribution in [1.82, 2.24) is 4.90 Å². The second kappa shape index (κ2) is 8.38. The molecule has 0 bridgehead atoms. The van der Waals surface area contributed by atoms with Crippen molar-refractivity contribution in [3.63, 3.8) is 0 Å². The molecule has 1 fully saturated rings. The molecule has 0 radical (unpaired) electrons. The van der Waals surface area contributed by atoms with E-state index >= 15 is 0 Å². The Morgan fingerprint density at radius 2 is 1.92 bits per heavy atom. The van der Waals surface area contributed by atoms with Crippen molar-refractivity contribution < 1.29 is 14.3 Å². The topological polar surface area (TPSA) is 64.8 Å². The Morgan fingerprint density at radius 1 is 1.21 bits per heavy atom. The molecule has 0 aromatic heterocycles. The Balaban J connectivity index is 2.03. The van der Waals surface area contributed by atoms with Crippen molar-refractivity contribution in [2.45, 2.75) is 45.1 Å². The number of rotatable bonds is 7. The van der Waals surface area contributed by atoms with Gasteiger partial charge in [-0.3, -0.25) is 4.79 Å². The number of nitrogens with two attached hydrogens (primary N) is 1. The van der Waals surface area contributed by atoms with Crippen LogP contribution in [0.1, 0.15) is 44.1 Å². The standard InChI is InChI=1S/C19H30N2O3/c1-21(13-15-7-8-16(23-2)11-17(15)24-3)18(22)12-19(14-20)9-5-4-6-10-19/h7-8,11H,4-6,9-10,12-14,20H2,1-3H3. The number of carbonyl (C=O) groups is 1. The molecule has 5 heteroatoms. The summed E-state index contributed by atoms with van der Waals surface area (Å²) in [7, 11) is 5.10. The van der Waals surface area contributed by atoms with Gasteiger partial charge < -0.3 is 20.1 Å². The zero-order valence-corrected chi connectivity index (χ0v) is 15.1. The fraction of sp³-hybridized carbons (Fsp3) is 0.632. The summed E-state index contributed by atoms with van der Waals surface area (Å²) in [4.78, 5) is 14.5. The molecule has 0 aliphatic heterocycles. The van der Waals surface area contributed by atoms with Crippen molar-refractivity contribution in [2.24, 2.45) is 11.1 Å². The second-order valence-electron chi connectivity index (χ2n) is 6.87. The van der Waals surface area contributed by atoms with Gasteiger partial charge in [-0.05, 0) is 36.9 Å². The van der Waals surface area contributed by atoms with E-state index in [1.54, 1.807) is 19.1 Å². The molecular formula is C19H30N2O3. The van der Waals surface area contributed by atoms with E-state index in [4.69, 9.17) is 15.2 Å². The van der Waals surface area contributed by atoms with Gasteiger partial charge >= 0.3 is 0 Å². The second-order valence-corrected chi connectivity index (χ2v) is 6.87. The van der Waals surface area contributed by atoms with Crippen LogP contribution in [0.25, 0.3) is 0 Å². The summed E-state index contributed by atoms with van der Waals surface area (Å²) in [6, 6.07) is 5.68. The normalized spacial score (nSPS) is 16.5. The minimum Gasteiger partial charge on any atom is -0.497 e. The molecule has 134 valence electrons. The van der Waals surface area contributed by atoms with Crippen LogP contribution in [0, 0.1) is 5.41 Å². The summed E-state index contributed by atoms with van der Waals surface area (Å²) < 4.78 is 10.6. The van der Waals surface area contributed by atoms with Crippen LogP contribution in [0.3, 0.4) is 0 Å². The van der Waals surface area contributed by atoms with Crippen LogP contribution in [0.15, 0.2) is 18.2 Å². The molecule has 0 atom stereocenters. The van der Waals surface area contributed by atoms with E-state index in [0.717, 1.165) is 29.9 Å². The highest BCUT2D eigenvalue weighted by molar-refractivity contribution is 5.76. The third kappa shape index (κ3) is 4.41. The molecule has 2 rings (SSSR count). The molecule has 2 N–H and O–H groups in total. The lowest BCUT2D eigenvalue weighted by Gasteiger charge is -2.36. The van der Waals surface area contributed by atoms with Gasteiger partial charge in [-0.2, -0.15) is 0 Å². The summed E-state index contributed by atoms with van der Waals surface area (Å²) in [6.07, 6.45) is 6.29. The van der Waals surface area contributed by atoms with E-state index < -0.39 is 0 Å². The molecule has 0 spiro atoms. The van der Waals surface area contributed by atoms with Crippen molar-refractivity contribution in [3.05, 3.63) is 23.8 Å². The number of hydrogen-bond donors (Lipinski definition) is 1. The predicted molar refractivity (Wildman–Crippen MR) is 95.2 cm³/mol. The first-order chi connectivity index (χ1) is 11.5. The molecule has 1 aromatic carbocycles. The van der Waals surface area contributed by atoms with E-state index in [2.05, 4.69) is 0 Å². The van der Waals surface area contributed by atoms with Gasteiger partial charge in [0.15, 0.2) is 0 Å². The monoisotopic (exact) mass is 334 g/mol. The maximum absolute atomic E-state index is 12.7. The number of ether oxygens (including phenoxy) is 2. The lowest BCUT2D eigenvalue weighted by Crippen LogP contribution is -2.39. The fourth-order valence-corrected chi connectivity index (χ4v) is 3.54. The zero-order chi connectivity index (χ0) is 17.6.